The van der Waals surface area contributed by atoms with Crippen molar-refractivity contribution >= 4 is 68.8 Å². The summed E-state index contributed by atoms with van der Waals surface area (Å²) in [5, 5.41) is 5.25. The highest BCUT2D eigenvalue weighted by molar-refractivity contribution is 7.23. The van der Waals surface area contributed by atoms with Gasteiger partial charge in [0.05, 0.1) is 36.5 Å². The Morgan fingerprint density at radius 1 is 0.415 bits per heavy atom. The van der Waals surface area contributed by atoms with Gasteiger partial charge < -0.3 is 14.5 Å². The van der Waals surface area contributed by atoms with Gasteiger partial charge in [-0.3, -0.25) is 4.90 Å². The minimum atomic E-state index is -3.18. The van der Waals surface area contributed by atoms with Crippen LogP contribution in [-0.4, -0.2) is 19.7 Å². The molecule has 1 aromatic heterocycles. The van der Waals surface area contributed by atoms with Crippen molar-refractivity contribution in [2.45, 2.75) is 105 Å². The Balaban J connectivity index is 0.992. The SMILES string of the molecule is [2H]c1c([2H])c([2H])c(-c2cc(C(C)(C)C)cc(-c3c([2H])c([2H])c([2H])c([2H])c3[2H])c2N2CN(c3cccc(Oc4ccc5c(c4)N(c4cc(C(C)(C)C)ccn4)c4ccccc4[Si]54c5cc(C(C)(C)C)ccc5-c5ccc(C(C)(C)C)cc54)c3)c3ccccc32)c([2H])c1[2H]. The van der Waals surface area contributed by atoms with Crippen LogP contribution in [-0.2, 0) is 21.7 Å². The van der Waals surface area contributed by atoms with Crippen molar-refractivity contribution < 1.29 is 18.4 Å². The molecule has 1 spiro atoms. The Morgan fingerprint density at radius 2 is 0.927 bits per heavy atom. The number of aromatic nitrogens is 1. The summed E-state index contributed by atoms with van der Waals surface area (Å²) in [5.41, 5.74) is 10.7. The first-order valence-corrected chi connectivity index (χ1v) is 30.4. The molecule has 0 amide bonds. The molecule has 0 fully saturated rings. The molecule has 0 radical (unpaired) electrons. The molecule has 0 aliphatic carbocycles. The van der Waals surface area contributed by atoms with Crippen molar-refractivity contribution in [3.8, 4) is 44.9 Å². The van der Waals surface area contributed by atoms with Gasteiger partial charge in [-0.05, 0) is 148 Å². The van der Waals surface area contributed by atoms with Crippen LogP contribution in [0.2, 0.25) is 0 Å². The molecule has 0 bridgehead atoms. The van der Waals surface area contributed by atoms with Gasteiger partial charge in [-0.15, -0.1) is 0 Å². The molecular formula is C76H74N4OSi. The number of para-hydroxylation sites is 3. The molecule has 13 rings (SSSR count). The lowest BCUT2D eigenvalue weighted by molar-refractivity contribution is 0.483. The minimum Gasteiger partial charge on any atom is -0.457 e. The molecule has 0 saturated heterocycles. The standard InChI is InChI=1S/C76H74N4OSi/c1-73(2,3)52-34-37-59-60-38-35-53(74(4,5)6)45-70(60)82(69(59)44-52)67-33-22-21-32-65(67)80(71-46-54(40-41-77-71)75(7,8)9)66-48-58(36-39-68(66)82)81-57-29-23-28-56(47-57)78-49-79(64-31-20-19-30-63(64)78)72-61(50-24-15-13-16-25-50)42-55(76(10,11)12)43-62(72)51-26-17-14-18-27-51/h13-48H,49H2,1-12H3/i13D,14D,15D,16D,17D,18D,24D,25D,26D,27D. The zero-order chi connectivity index (χ0) is 65.8. The molecule has 0 saturated carbocycles. The Morgan fingerprint density at radius 3 is 1.50 bits per heavy atom. The molecule has 5 nitrogen and oxygen atoms in total. The van der Waals surface area contributed by atoms with Crippen LogP contribution >= 0.6 is 0 Å². The zero-order valence-electron chi connectivity index (χ0n) is 58.9. The van der Waals surface area contributed by atoms with Gasteiger partial charge in [0, 0.05) is 40.8 Å². The van der Waals surface area contributed by atoms with Crippen molar-refractivity contribution in [3.63, 3.8) is 0 Å². The molecular weight excluding hydrogens is 1010 g/mol. The molecule has 9 aromatic carbocycles. The smallest absolute Gasteiger partial charge is 0.185 e. The summed E-state index contributed by atoms with van der Waals surface area (Å²) >= 11 is 0. The third-order valence-electron chi connectivity index (χ3n) is 16.8. The fraction of sp³-hybridized carbons (Fsp3) is 0.224. The van der Waals surface area contributed by atoms with Crippen molar-refractivity contribution in [2.75, 3.05) is 21.4 Å². The fourth-order valence-corrected chi connectivity index (χ4v) is 18.0. The molecule has 0 atom stereocenters. The van der Waals surface area contributed by atoms with E-state index in [1.807, 2.05) is 92.5 Å². The second kappa shape index (κ2) is 19.3. The van der Waals surface area contributed by atoms with Crippen molar-refractivity contribution in [3.05, 3.63) is 241 Å². The van der Waals surface area contributed by atoms with E-state index in [2.05, 4.69) is 163 Å². The molecule has 10 aromatic rings. The van der Waals surface area contributed by atoms with E-state index in [1.54, 1.807) is 0 Å². The van der Waals surface area contributed by atoms with Crippen LogP contribution < -0.4 is 40.2 Å². The topological polar surface area (TPSA) is 31.8 Å². The Bertz CT molecular complexity index is 4540. The van der Waals surface area contributed by atoms with Crippen molar-refractivity contribution in [1.82, 2.24) is 4.98 Å². The third kappa shape index (κ3) is 8.85. The Kier molecular flexibility index (Phi) is 10.0. The van der Waals surface area contributed by atoms with Gasteiger partial charge >= 0.3 is 0 Å². The maximum atomic E-state index is 9.40. The van der Waals surface area contributed by atoms with E-state index in [-0.39, 0.29) is 45.2 Å². The zero-order valence-corrected chi connectivity index (χ0v) is 49.9. The average molecular weight is 1100 g/mol. The van der Waals surface area contributed by atoms with Crippen LogP contribution in [0.15, 0.2) is 218 Å². The van der Waals surface area contributed by atoms with E-state index in [0.717, 1.165) is 34.1 Å². The lowest BCUT2D eigenvalue weighted by atomic mass is 9.82. The maximum absolute atomic E-state index is 9.40. The molecule has 0 unspecified atom stereocenters. The summed E-state index contributed by atoms with van der Waals surface area (Å²) in [4.78, 5) is 11.6. The summed E-state index contributed by atoms with van der Waals surface area (Å²) in [5.74, 6) is 1.96. The van der Waals surface area contributed by atoms with E-state index in [4.69, 9.17) is 17.9 Å². The van der Waals surface area contributed by atoms with E-state index in [1.165, 1.54) is 43.0 Å². The Labute approximate surface area is 501 Å². The summed E-state index contributed by atoms with van der Waals surface area (Å²) in [6, 6.07) is 48.5. The predicted molar refractivity (Wildman–Crippen MR) is 349 cm³/mol. The molecule has 408 valence electrons. The molecule has 82 heavy (non-hydrogen) atoms. The number of ether oxygens (including phenoxy) is 1. The molecule has 0 N–H and O–H groups in total. The molecule has 3 aliphatic heterocycles. The lowest BCUT2D eigenvalue weighted by Crippen LogP contribution is -2.75. The average Bonchev–Trinajstić information content (AvgIpc) is 1.55. The molecule has 4 heterocycles. The van der Waals surface area contributed by atoms with E-state index < -0.39 is 73.9 Å². The van der Waals surface area contributed by atoms with E-state index in [0.29, 0.717) is 28.4 Å². The quantitative estimate of drug-likeness (QED) is 0.149. The van der Waals surface area contributed by atoms with Gasteiger partial charge in [-0.25, -0.2) is 4.98 Å². The van der Waals surface area contributed by atoms with Crippen LogP contribution in [0.1, 0.15) is 119 Å². The number of pyridine rings is 1. The van der Waals surface area contributed by atoms with Crippen LogP contribution in [0.5, 0.6) is 11.5 Å². The number of rotatable bonds is 7. The number of fused-ring (bicyclic) bond motifs is 10. The van der Waals surface area contributed by atoms with Gasteiger partial charge in [0.25, 0.3) is 0 Å². The second-order valence-electron chi connectivity index (χ2n) is 26.2. The van der Waals surface area contributed by atoms with Crippen LogP contribution in [0, 0.1) is 0 Å². The van der Waals surface area contributed by atoms with Gasteiger partial charge in [0.2, 0.25) is 0 Å². The number of benzene rings is 9. The number of hydrogen-bond donors (Lipinski definition) is 0. The van der Waals surface area contributed by atoms with Gasteiger partial charge in [0.1, 0.15) is 24.0 Å². The Hall–Kier alpha value is -8.45. The second-order valence-corrected chi connectivity index (χ2v) is 29.9. The number of anilines is 7. The van der Waals surface area contributed by atoms with Crippen molar-refractivity contribution in [2.24, 2.45) is 0 Å². The van der Waals surface area contributed by atoms with Crippen LogP contribution in [0.3, 0.4) is 0 Å². The predicted octanol–water partition coefficient (Wildman–Crippen LogP) is 17.8. The maximum Gasteiger partial charge on any atom is 0.185 e. The monoisotopic (exact) mass is 1100 g/mol. The summed E-state index contributed by atoms with van der Waals surface area (Å²) in [6.45, 7) is 26.4. The minimum absolute atomic E-state index is 0.0823. The molecule has 3 aliphatic rings. The fourth-order valence-electron chi connectivity index (χ4n) is 12.4. The number of nitrogens with zero attached hydrogens (tertiary/aromatic N) is 4. The molecule has 6 heteroatoms. The lowest BCUT2D eigenvalue weighted by Gasteiger charge is -2.44. The van der Waals surface area contributed by atoms with Crippen LogP contribution in [0.25, 0.3) is 33.4 Å². The summed E-state index contributed by atoms with van der Waals surface area (Å²) in [6.07, 6.45) is 1.92. The first-order valence-electron chi connectivity index (χ1n) is 33.4. The van der Waals surface area contributed by atoms with E-state index in [9.17, 15) is 5.48 Å². The van der Waals surface area contributed by atoms with E-state index >= 15 is 0 Å². The highest BCUT2D eigenvalue weighted by atomic mass is 28.3. The third-order valence-corrected chi connectivity index (χ3v) is 21.7. The summed E-state index contributed by atoms with van der Waals surface area (Å²) in [7, 11) is -3.18. The normalized spacial score (nSPS) is 16.0. The first kappa shape index (κ1) is 42.4. The summed E-state index contributed by atoms with van der Waals surface area (Å²) < 4.78 is 97.5. The van der Waals surface area contributed by atoms with Gasteiger partial charge in [-0.2, -0.15) is 0 Å². The first-order chi connectivity index (χ1) is 43.3. The highest BCUT2D eigenvalue weighted by Gasteiger charge is 2.55. The number of hydrogen-bond acceptors (Lipinski definition) is 5. The van der Waals surface area contributed by atoms with Gasteiger partial charge in [-0.1, -0.05) is 222 Å². The van der Waals surface area contributed by atoms with Crippen LogP contribution in [0.4, 0.5) is 39.9 Å². The highest BCUT2D eigenvalue weighted by Crippen LogP contribution is 2.52. The van der Waals surface area contributed by atoms with Gasteiger partial charge in [0.15, 0.2) is 8.07 Å². The largest absolute Gasteiger partial charge is 0.457 e. The van der Waals surface area contributed by atoms with Crippen molar-refractivity contribution in [1.29, 1.82) is 0 Å².